The molecule has 0 fully saturated rings. The molecule has 0 saturated heterocycles. The van der Waals surface area contributed by atoms with Gasteiger partial charge in [-0.2, -0.15) is 4.39 Å². The first-order chi connectivity index (χ1) is 6.43. The van der Waals surface area contributed by atoms with Crippen molar-refractivity contribution < 1.29 is 14.3 Å². The lowest BCUT2D eigenvalue weighted by Crippen LogP contribution is -2.36. The SMILES string of the molecule is CC(N)(CC(=O)O)c1cccnc1F. The molecule has 0 spiro atoms. The first-order valence-corrected chi connectivity index (χ1v) is 4.05. The van der Waals surface area contributed by atoms with Crippen LogP contribution in [-0.2, 0) is 10.3 Å². The molecular formula is C9H11FN2O2. The monoisotopic (exact) mass is 198 g/mol. The molecule has 0 bridgehead atoms. The Hall–Kier alpha value is -1.49. The molecule has 1 aromatic rings. The van der Waals surface area contributed by atoms with Crippen LogP contribution >= 0.6 is 0 Å². The number of aliphatic carboxylic acids is 1. The van der Waals surface area contributed by atoms with E-state index in [9.17, 15) is 9.18 Å². The lowest BCUT2D eigenvalue weighted by Gasteiger charge is -2.22. The van der Waals surface area contributed by atoms with E-state index in [0.717, 1.165) is 0 Å². The zero-order valence-corrected chi connectivity index (χ0v) is 7.70. The minimum absolute atomic E-state index is 0.113. The zero-order chi connectivity index (χ0) is 10.8. The van der Waals surface area contributed by atoms with Crippen LogP contribution in [0.2, 0.25) is 0 Å². The summed E-state index contributed by atoms with van der Waals surface area (Å²) in [5.41, 5.74) is 4.56. The number of halogens is 1. The van der Waals surface area contributed by atoms with Gasteiger partial charge >= 0.3 is 5.97 Å². The molecule has 76 valence electrons. The molecule has 0 aliphatic carbocycles. The van der Waals surface area contributed by atoms with E-state index in [2.05, 4.69) is 4.98 Å². The lowest BCUT2D eigenvalue weighted by atomic mass is 9.91. The number of hydrogen-bond acceptors (Lipinski definition) is 3. The fourth-order valence-electron chi connectivity index (χ4n) is 1.22. The molecule has 0 amide bonds. The first-order valence-electron chi connectivity index (χ1n) is 4.05. The van der Waals surface area contributed by atoms with Gasteiger partial charge in [0, 0.05) is 11.8 Å². The van der Waals surface area contributed by atoms with Crippen molar-refractivity contribution in [2.75, 3.05) is 0 Å². The molecule has 1 rings (SSSR count). The maximum Gasteiger partial charge on any atom is 0.305 e. The summed E-state index contributed by atoms with van der Waals surface area (Å²) >= 11 is 0. The fraction of sp³-hybridized carbons (Fsp3) is 0.333. The molecule has 5 heteroatoms. The lowest BCUT2D eigenvalue weighted by molar-refractivity contribution is -0.138. The zero-order valence-electron chi connectivity index (χ0n) is 7.70. The fourth-order valence-corrected chi connectivity index (χ4v) is 1.22. The second-order valence-electron chi connectivity index (χ2n) is 3.33. The third-order valence-corrected chi connectivity index (χ3v) is 1.89. The Balaban J connectivity index is 3.03. The Bertz CT molecular complexity index is 352. The number of nitrogens with zero attached hydrogens (tertiary/aromatic N) is 1. The number of rotatable bonds is 3. The average Bonchev–Trinajstić information content (AvgIpc) is 2.02. The Morgan fingerprint density at radius 2 is 2.43 bits per heavy atom. The molecule has 0 aromatic carbocycles. The van der Waals surface area contributed by atoms with E-state index in [1.807, 2.05) is 0 Å². The molecule has 3 N–H and O–H groups in total. The summed E-state index contributed by atoms with van der Waals surface area (Å²) in [6, 6.07) is 2.96. The highest BCUT2D eigenvalue weighted by molar-refractivity contribution is 5.68. The van der Waals surface area contributed by atoms with Crippen LogP contribution in [0.5, 0.6) is 0 Å². The number of hydrogen-bond donors (Lipinski definition) is 2. The van der Waals surface area contributed by atoms with Gasteiger partial charge in [0.1, 0.15) is 0 Å². The molecule has 4 nitrogen and oxygen atoms in total. The van der Waals surface area contributed by atoms with Crippen LogP contribution in [0.3, 0.4) is 0 Å². The van der Waals surface area contributed by atoms with E-state index in [4.69, 9.17) is 10.8 Å². The van der Waals surface area contributed by atoms with E-state index in [1.165, 1.54) is 25.3 Å². The van der Waals surface area contributed by atoms with Crippen molar-refractivity contribution in [1.82, 2.24) is 4.98 Å². The topological polar surface area (TPSA) is 76.2 Å². The molecule has 0 aliphatic heterocycles. The summed E-state index contributed by atoms with van der Waals surface area (Å²) in [6.45, 7) is 1.46. The second kappa shape index (κ2) is 3.71. The van der Waals surface area contributed by atoms with Gasteiger partial charge in [-0.1, -0.05) is 6.07 Å². The normalized spacial score (nSPS) is 14.8. The van der Waals surface area contributed by atoms with Gasteiger partial charge in [0.25, 0.3) is 0 Å². The van der Waals surface area contributed by atoms with Crippen LogP contribution in [-0.4, -0.2) is 16.1 Å². The quantitative estimate of drug-likeness (QED) is 0.706. The number of carboxylic acids is 1. The van der Waals surface area contributed by atoms with Crippen LogP contribution in [0, 0.1) is 5.95 Å². The molecule has 0 saturated carbocycles. The Labute approximate surface area is 80.6 Å². The summed E-state index contributed by atoms with van der Waals surface area (Å²) in [4.78, 5) is 13.9. The number of pyridine rings is 1. The molecule has 1 heterocycles. The number of carbonyl (C=O) groups is 1. The van der Waals surface area contributed by atoms with Gasteiger partial charge < -0.3 is 10.8 Å². The maximum atomic E-state index is 13.2. The molecule has 1 atom stereocenters. The number of carboxylic acid groups (broad SMARTS) is 1. The van der Waals surface area contributed by atoms with Crippen molar-refractivity contribution in [2.45, 2.75) is 18.9 Å². The Morgan fingerprint density at radius 1 is 1.79 bits per heavy atom. The minimum atomic E-state index is -1.23. The molecular weight excluding hydrogens is 187 g/mol. The van der Waals surface area contributed by atoms with Crippen LogP contribution in [0.1, 0.15) is 18.9 Å². The molecule has 0 radical (unpaired) electrons. The summed E-state index contributed by atoms with van der Waals surface area (Å²) in [7, 11) is 0. The predicted molar refractivity (Wildman–Crippen MR) is 48.0 cm³/mol. The van der Waals surface area contributed by atoms with E-state index < -0.39 is 17.5 Å². The Kier molecular flexibility index (Phi) is 2.81. The molecule has 1 unspecified atom stereocenters. The highest BCUT2D eigenvalue weighted by Crippen LogP contribution is 2.22. The summed E-state index contributed by atoms with van der Waals surface area (Å²) in [5.74, 6) is -1.79. The van der Waals surface area contributed by atoms with Crippen LogP contribution in [0.25, 0.3) is 0 Å². The van der Waals surface area contributed by atoms with Crippen molar-refractivity contribution in [3.63, 3.8) is 0 Å². The number of aromatic nitrogens is 1. The summed E-state index contributed by atoms with van der Waals surface area (Å²) < 4.78 is 13.2. The smallest absolute Gasteiger partial charge is 0.305 e. The first kappa shape index (κ1) is 10.6. The predicted octanol–water partition coefficient (Wildman–Crippen LogP) is 0.869. The van der Waals surface area contributed by atoms with Gasteiger partial charge in [0.15, 0.2) is 0 Å². The van der Waals surface area contributed by atoms with Crippen molar-refractivity contribution in [1.29, 1.82) is 0 Å². The van der Waals surface area contributed by atoms with E-state index in [-0.39, 0.29) is 12.0 Å². The molecule has 0 aliphatic rings. The average molecular weight is 198 g/mol. The third kappa shape index (κ3) is 2.26. The minimum Gasteiger partial charge on any atom is -0.481 e. The maximum absolute atomic E-state index is 13.2. The van der Waals surface area contributed by atoms with Crippen molar-refractivity contribution >= 4 is 5.97 Å². The highest BCUT2D eigenvalue weighted by Gasteiger charge is 2.27. The standard InChI is InChI=1S/C9H11FN2O2/c1-9(11,5-7(13)14)6-3-2-4-12-8(6)10/h2-4H,5,11H2,1H3,(H,13,14). The van der Waals surface area contributed by atoms with Gasteiger partial charge in [-0.05, 0) is 13.0 Å². The van der Waals surface area contributed by atoms with E-state index >= 15 is 0 Å². The highest BCUT2D eigenvalue weighted by atomic mass is 19.1. The van der Waals surface area contributed by atoms with Gasteiger partial charge in [-0.15, -0.1) is 0 Å². The van der Waals surface area contributed by atoms with Crippen LogP contribution in [0.4, 0.5) is 4.39 Å². The van der Waals surface area contributed by atoms with Gasteiger partial charge in [0.2, 0.25) is 5.95 Å². The Morgan fingerprint density at radius 3 is 2.93 bits per heavy atom. The van der Waals surface area contributed by atoms with Gasteiger partial charge in [-0.3, -0.25) is 4.79 Å². The van der Waals surface area contributed by atoms with E-state index in [1.54, 1.807) is 0 Å². The van der Waals surface area contributed by atoms with Crippen molar-refractivity contribution in [2.24, 2.45) is 5.73 Å². The number of nitrogens with two attached hydrogens (primary N) is 1. The van der Waals surface area contributed by atoms with Crippen molar-refractivity contribution in [3.05, 3.63) is 29.8 Å². The second-order valence-corrected chi connectivity index (χ2v) is 3.33. The third-order valence-electron chi connectivity index (χ3n) is 1.89. The van der Waals surface area contributed by atoms with Crippen LogP contribution in [0.15, 0.2) is 18.3 Å². The largest absolute Gasteiger partial charge is 0.481 e. The van der Waals surface area contributed by atoms with Crippen LogP contribution < -0.4 is 5.73 Å². The van der Waals surface area contributed by atoms with Gasteiger partial charge in [-0.25, -0.2) is 4.98 Å². The molecule has 1 aromatic heterocycles. The van der Waals surface area contributed by atoms with Gasteiger partial charge in [0.05, 0.1) is 12.0 Å². The summed E-state index contributed by atoms with van der Waals surface area (Å²) in [5, 5.41) is 8.58. The van der Waals surface area contributed by atoms with E-state index in [0.29, 0.717) is 0 Å². The molecule has 14 heavy (non-hydrogen) atoms. The van der Waals surface area contributed by atoms with Crippen molar-refractivity contribution in [3.8, 4) is 0 Å². The summed E-state index contributed by atoms with van der Waals surface area (Å²) in [6.07, 6.45) is 0.950.